The van der Waals surface area contributed by atoms with Crippen molar-refractivity contribution in [3.8, 4) is 0 Å². The number of fused-ring (bicyclic) bond motifs is 2. The van der Waals surface area contributed by atoms with E-state index in [0.717, 1.165) is 37.8 Å². The Morgan fingerprint density at radius 2 is 2.00 bits per heavy atom. The highest BCUT2D eigenvalue weighted by Gasteiger charge is 2.51. The molecule has 6 heteroatoms. The van der Waals surface area contributed by atoms with E-state index in [4.69, 9.17) is 4.74 Å². The second-order valence-corrected chi connectivity index (χ2v) is 7.59. The summed E-state index contributed by atoms with van der Waals surface area (Å²) in [6.45, 7) is 1.32. The van der Waals surface area contributed by atoms with Gasteiger partial charge in [0.1, 0.15) is 0 Å². The highest BCUT2D eigenvalue weighted by Crippen LogP contribution is 2.45. The molecule has 2 amide bonds. The lowest BCUT2D eigenvalue weighted by molar-refractivity contribution is -0.146. The van der Waals surface area contributed by atoms with Crippen molar-refractivity contribution in [3.63, 3.8) is 0 Å². The van der Waals surface area contributed by atoms with Crippen LogP contribution in [-0.2, 0) is 15.1 Å². The van der Waals surface area contributed by atoms with Crippen LogP contribution in [0.25, 0.3) is 0 Å². The zero-order valence-corrected chi connectivity index (χ0v) is 15.0. The van der Waals surface area contributed by atoms with Gasteiger partial charge in [-0.3, -0.25) is 14.6 Å². The molecular weight excluding hydrogens is 318 g/mol. The molecule has 3 heterocycles. The maximum atomic E-state index is 12.7. The molecule has 3 aliphatic rings. The Labute approximate surface area is 148 Å². The molecule has 134 valence electrons. The third-order valence-electron chi connectivity index (χ3n) is 6.54. The number of carbonyl (C=O) groups excluding carboxylic acids is 2. The molecule has 1 aromatic heterocycles. The van der Waals surface area contributed by atoms with E-state index in [0.29, 0.717) is 25.1 Å². The molecule has 0 N–H and O–H groups in total. The Morgan fingerprint density at radius 3 is 2.60 bits per heavy atom. The first-order chi connectivity index (χ1) is 12.0. The number of piperidine rings is 1. The molecule has 1 aromatic rings. The van der Waals surface area contributed by atoms with Crippen molar-refractivity contribution in [2.75, 3.05) is 27.2 Å². The summed E-state index contributed by atoms with van der Waals surface area (Å²) in [5.74, 6) is 0.209. The van der Waals surface area contributed by atoms with Crippen LogP contribution in [0.5, 0.6) is 0 Å². The molecule has 25 heavy (non-hydrogen) atoms. The Morgan fingerprint density at radius 1 is 1.28 bits per heavy atom. The van der Waals surface area contributed by atoms with Gasteiger partial charge in [0.25, 0.3) is 5.91 Å². The van der Waals surface area contributed by atoms with Gasteiger partial charge in [-0.2, -0.15) is 0 Å². The number of pyridine rings is 1. The highest BCUT2D eigenvalue weighted by molar-refractivity contribution is 5.99. The molecule has 1 saturated carbocycles. The fourth-order valence-electron chi connectivity index (χ4n) is 4.59. The first-order valence-electron chi connectivity index (χ1n) is 9.08. The van der Waals surface area contributed by atoms with Crippen molar-refractivity contribution >= 4 is 11.8 Å². The largest absolute Gasteiger partial charge is 0.378 e. The summed E-state index contributed by atoms with van der Waals surface area (Å²) in [7, 11) is 3.56. The summed E-state index contributed by atoms with van der Waals surface area (Å²) in [6, 6.07) is 3.66. The van der Waals surface area contributed by atoms with Crippen LogP contribution < -0.4 is 0 Å². The number of methoxy groups -OCH3 is 1. The second-order valence-electron chi connectivity index (χ2n) is 7.59. The van der Waals surface area contributed by atoms with Gasteiger partial charge in [-0.25, -0.2) is 0 Å². The Kier molecular flexibility index (Phi) is 3.83. The molecule has 0 bridgehead atoms. The average molecular weight is 343 g/mol. The van der Waals surface area contributed by atoms with Crippen LogP contribution in [0.1, 0.15) is 54.6 Å². The summed E-state index contributed by atoms with van der Waals surface area (Å²) in [5.41, 5.74) is 0.986. The number of carbonyl (C=O) groups is 2. The van der Waals surface area contributed by atoms with Crippen molar-refractivity contribution in [2.24, 2.45) is 0 Å². The number of hydrogen-bond donors (Lipinski definition) is 0. The van der Waals surface area contributed by atoms with Crippen LogP contribution in [0.4, 0.5) is 0 Å². The summed E-state index contributed by atoms with van der Waals surface area (Å²) < 4.78 is 5.60. The molecule has 0 radical (unpaired) electrons. The molecule has 6 nitrogen and oxygen atoms in total. The topological polar surface area (TPSA) is 62.7 Å². The third kappa shape index (κ3) is 2.38. The van der Waals surface area contributed by atoms with Gasteiger partial charge < -0.3 is 14.5 Å². The fraction of sp³-hybridized carbons (Fsp3) is 0.632. The van der Waals surface area contributed by atoms with Crippen molar-refractivity contribution in [1.29, 1.82) is 0 Å². The maximum Gasteiger partial charge on any atom is 0.256 e. The smallest absolute Gasteiger partial charge is 0.256 e. The Balaban J connectivity index is 1.48. The van der Waals surface area contributed by atoms with Gasteiger partial charge >= 0.3 is 0 Å². The van der Waals surface area contributed by atoms with Crippen molar-refractivity contribution in [3.05, 3.63) is 29.6 Å². The average Bonchev–Trinajstić information content (AvgIpc) is 2.82. The molecule has 2 fully saturated rings. The summed E-state index contributed by atoms with van der Waals surface area (Å²) in [4.78, 5) is 33.5. The lowest BCUT2D eigenvalue weighted by Gasteiger charge is -2.45. The van der Waals surface area contributed by atoms with Crippen LogP contribution in [0, 0.1) is 0 Å². The molecule has 0 unspecified atom stereocenters. The van der Waals surface area contributed by atoms with Crippen molar-refractivity contribution in [1.82, 2.24) is 14.8 Å². The quantitative estimate of drug-likeness (QED) is 0.841. The van der Waals surface area contributed by atoms with Gasteiger partial charge in [0.2, 0.25) is 5.91 Å². The first-order valence-corrected chi connectivity index (χ1v) is 9.08. The van der Waals surface area contributed by atoms with Crippen LogP contribution >= 0.6 is 0 Å². The molecule has 1 saturated heterocycles. The number of aromatic nitrogens is 1. The van der Waals surface area contributed by atoms with Gasteiger partial charge in [-0.15, -0.1) is 0 Å². The minimum absolute atomic E-state index is 0.0377. The van der Waals surface area contributed by atoms with Gasteiger partial charge in [0.05, 0.1) is 28.8 Å². The van der Waals surface area contributed by atoms with E-state index in [1.165, 1.54) is 0 Å². The zero-order valence-electron chi connectivity index (χ0n) is 15.0. The SMILES string of the molecule is COC1(CC(=O)N2CCC3(CC2)c2ncccc2C(=O)N3C)CCC1. The zero-order chi connectivity index (χ0) is 17.7. The molecule has 1 aliphatic carbocycles. The number of amides is 2. The lowest BCUT2D eigenvalue weighted by Crippen LogP contribution is -2.53. The van der Waals surface area contributed by atoms with Gasteiger partial charge in [-0.1, -0.05) is 0 Å². The van der Waals surface area contributed by atoms with E-state index >= 15 is 0 Å². The second kappa shape index (κ2) is 5.80. The lowest BCUT2D eigenvalue weighted by atomic mass is 9.77. The van der Waals surface area contributed by atoms with Gasteiger partial charge in [0.15, 0.2) is 0 Å². The summed E-state index contributed by atoms with van der Waals surface area (Å²) in [5, 5.41) is 0. The molecule has 4 rings (SSSR count). The van der Waals surface area contributed by atoms with E-state index < -0.39 is 0 Å². The standard InChI is InChI=1S/C19H25N3O3/c1-21-17(24)14-5-3-10-20-16(14)19(21)8-11-22(12-9-19)15(23)13-18(25-2)6-4-7-18/h3,5,10H,4,6-9,11-13H2,1-2H3. The minimum Gasteiger partial charge on any atom is -0.378 e. The van der Waals surface area contributed by atoms with Crippen LogP contribution in [0.15, 0.2) is 18.3 Å². The van der Waals surface area contributed by atoms with E-state index in [1.54, 1.807) is 13.3 Å². The highest BCUT2D eigenvalue weighted by atomic mass is 16.5. The molecule has 2 aliphatic heterocycles. The molecule has 0 aromatic carbocycles. The predicted molar refractivity (Wildman–Crippen MR) is 92.0 cm³/mol. The number of hydrogen-bond acceptors (Lipinski definition) is 4. The third-order valence-corrected chi connectivity index (χ3v) is 6.54. The van der Waals surface area contributed by atoms with E-state index in [9.17, 15) is 9.59 Å². The van der Waals surface area contributed by atoms with Crippen molar-refractivity contribution < 1.29 is 14.3 Å². The Hall–Kier alpha value is -1.95. The van der Waals surface area contributed by atoms with Crippen LogP contribution in [0.3, 0.4) is 0 Å². The van der Waals surface area contributed by atoms with E-state index in [-0.39, 0.29) is 23.0 Å². The fourth-order valence-corrected chi connectivity index (χ4v) is 4.59. The Bertz CT molecular complexity index is 700. The number of likely N-dealkylation sites (tertiary alicyclic amines) is 1. The van der Waals surface area contributed by atoms with Crippen molar-refractivity contribution in [2.45, 2.75) is 49.7 Å². The maximum absolute atomic E-state index is 12.7. The van der Waals surface area contributed by atoms with Crippen LogP contribution in [-0.4, -0.2) is 59.4 Å². The number of nitrogens with zero attached hydrogens (tertiary/aromatic N) is 3. The normalized spacial score (nSPS) is 23.5. The summed E-state index contributed by atoms with van der Waals surface area (Å²) >= 11 is 0. The first kappa shape index (κ1) is 16.5. The van der Waals surface area contributed by atoms with Gasteiger partial charge in [0, 0.05) is 33.4 Å². The molecular formula is C19H25N3O3. The van der Waals surface area contributed by atoms with Crippen LogP contribution in [0.2, 0.25) is 0 Å². The van der Waals surface area contributed by atoms with Gasteiger partial charge in [-0.05, 0) is 44.2 Å². The predicted octanol–water partition coefficient (Wildman–Crippen LogP) is 1.94. The minimum atomic E-state index is -0.361. The number of rotatable bonds is 3. The monoisotopic (exact) mass is 343 g/mol. The van der Waals surface area contributed by atoms with E-state index in [1.807, 2.05) is 29.0 Å². The number of ether oxygens (including phenoxy) is 1. The van der Waals surface area contributed by atoms with E-state index in [2.05, 4.69) is 4.98 Å². The molecule has 0 atom stereocenters. The summed E-state index contributed by atoms with van der Waals surface area (Å²) in [6.07, 6.45) is 6.79. The molecule has 1 spiro atoms.